The van der Waals surface area contributed by atoms with Crippen LogP contribution in [0.5, 0.6) is 0 Å². The number of aromatic nitrogens is 2. The van der Waals surface area contributed by atoms with E-state index in [4.69, 9.17) is 9.94 Å². The van der Waals surface area contributed by atoms with Gasteiger partial charge in [-0.25, -0.2) is 14.9 Å². The topological polar surface area (TPSA) is 107 Å². The van der Waals surface area contributed by atoms with Gasteiger partial charge in [0.15, 0.2) is 5.82 Å². The number of carbonyl (C=O) groups is 1. The Bertz CT molecular complexity index is 745. The van der Waals surface area contributed by atoms with Gasteiger partial charge in [-0.1, -0.05) is 0 Å². The number of rotatable bonds is 9. The van der Waals surface area contributed by atoms with Crippen LogP contribution in [0.15, 0.2) is 12.1 Å². The zero-order chi connectivity index (χ0) is 17.8. The zero-order valence-corrected chi connectivity index (χ0v) is 13.8. The van der Waals surface area contributed by atoms with E-state index >= 15 is 0 Å². The largest absolute Gasteiger partial charge is 0.394 e. The zero-order valence-electron chi connectivity index (χ0n) is 13.8. The predicted molar refractivity (Wildman–Crippen MR) is 88.2 cm³/mol. The van der Waals surface area contributed by atoms with Gasteiger partial charge in [-0.3, -0.25) is 9.63 Å². The van der Waals surface area contributed by atoms with E-state index in [1.165, 1.54) is 6.07 Å². The van der Waals surface area contributed by atoms with Gasteiger partial charge < -0.3 is 15.2 Å². The van der Waals surface area contributed by atoms with Gasteiger partial charge in [-0.2, -0.15) is 0 Å². The van der Waals surface area contributed by atoms with Gasteiger partial charge in [-0.05, 0) is 43.7 Å². The average molecular weight is 351 g/mol. The highest BCUT2D eigenvalue weighted by atomic mass is 19.1. The van der Waals surface area contributed by atoms with Crippen molar-refractivity contribution in [2.75, 3.05) is 13.2 Å². The van der Waals surface area contributed by atoms with Crippen molar-refractivity contribution < 1.29 is 24.2 Å². The second-order valence-electron chi connectivity index (χ2n) is 6.45. The highest BCUT2D eigenvalue weighted by Gasteiger charge is 2.22. The summed E-state index contributed by atoms with van der Waals surface area (Å²) in [6.45, 7) is 0.195. The van der Waals surface area contributed by atoms with Crippen molar-refractivity contribution in [3.63, 3.8) is 0 Å². The van der Waals surface area contributed by atoms with E-state index in [0.717, 1.165) is 18.9 Å². The third-order valence-corrected chi connectivity index (χ3v) is 4.19. The van der Waals surface area contributed by atoms with E-state index in [-0.39, 0.29) is 17.7 Å². The second-order valence-corrected chi connectivity index (χ2v) is 6.45. The van der Waals surface area contributed by atoms with Gasteiger partial charge in [0.1, 0.15) is 11.3 Å². The Balaban J connectivity index is 1.64. The number of aliphatic hydroxyl groups is 2. The number of imidazole rings is 1. The first kappa shape index (κ1) is 17.8. The van der Waals surface area contributed by atoms with Crippen LogP contribution in [0.4, 0.5) is 4.39 Å². The van der Waals surface area contributed by atoms with Crippen LogP contribution in [-0.2, 0) is 11.3 Å². The summed E-state index contributed by atoms with van der Waals surface area (Å²) >= 11 is 0. The van der Waals surface area contributed by atoms with Crippen molar-refractivity contribution in [3.05, 3.63) is 29.3 Å². The molecule has 1 aromatic carbocycles. The van der Waals surface area contributed by atoms with Crippen molar-refractivity contribution in [3.8, 4) is 0 Å². The number of aliphatic hydroxyl groups excluding tert-OH is 2. The van der Waals surface area contributed by atoms with Crippen LogP contribution in [0, 0.1) is 11.7 Å². The van der Waals surface area contributed by atoms with Gasteiger partial charge in [0.05, 0.1) is 24.8 Å². The molecule has 25 heavy (non-hydrogen) atoms. The Morgan fingerprint density at radius 3 is 3.00 bits per heavy atom. The number of aromatic amines is 1. The number of hydroxylamine groups is 1. The molecular formula is C17H22FN3O4. The fraction of sp³-hybridized carbons (Fsp3) is 0.529. The van der Waals surface area contributed by atoms with Gasteiger partial charge in [-0.15, -0.1) is 0 Å². The lowest BCUT2D eigenvalue weighted by molar-refractivity contribution is 0.0270. The molecule has 1 saturated carbocycles. The van der Waals surface area contributed by atoms with Gasteiger partial charge in [0.2, 0.25) is 0 Å². The van der Waals surface area contributed by atoms with E-state index in [1.54, 1.807) is 0 Å². The minimum absolute atomic E-state index is 0.159. The minimum atomic E-state index is -0.757. The highest BCUT2D eigenvalue weighted by molar-refractivity contribution is 5.96. The summed E-state index contributed by atoms with van der Waals surface area (Å²) in [5.41, 5.74) is 3.10. The Kier molecular flexibility index (Phi) is 5.62. The molecule has 1 atom stereocenters. The Morgan fingerprint density at radius 2 is 2.28 bits per heavy atom. The summed E-state index contributed by atoms with van der Waals surface area (Å²) < 4.78 is 14.2. The molecule has 2 aromatic rings. The SMILES string of the molecule is O=C(NOCC1CC1)c1cc(F)c2nc(CCCC(O)CO)[nH]c2c1. The molecule has 1 fully saturated rings. The Labute approximate surface area is 144 Å². The molecular weight excluding hydrogens is 329 g/mol. The number of fused-ring (bicyclic) bond motifs is 1. The number of hydrogen-bond acceptors (Lipinski definition) is 5. The highest BCUT2D eigenvalue weighted by Crippen LogP contribution is 2.28. The number of nitrogens with one attached hydrogen (secondary N) is 2. The average Bonchev–Trinajstić information content (AvgIpc) is 3.32. The molecule has 1 amide bonds. The quantitative estimate of drug-likeness (QED) is 0.512. The first-order valence-corrected chi connectivity index (χ1v) is 8.46. The molecule has 0 aliphatic heterocycles. The Morgan fingerprint density at radius 1 is 1.48 bits per heavy atom. The lowest BCUT2D eigenvalue weighted by Crippen LogP contribution is -2.24. The lowest BCUT2D eigenvalue weighted by atomic mass is 10.1. The third-order valence-electron chi connectivity index (χ3n) is 4.19. The molecule has 0 spiro atoms. The van der Waals surface area contributed by atoms with Crippen LogP contribution in [0.25, 0.3) is 11.0 Å². The smallest absolute Gasteiger partial charge is 0.275 e. The van der Waals surface area contributed by atoms with E-state index in [9.17, 15) is 14.3 Å². The Hall–Kier alpha value is -2.03. The number of halogens is 1. The molecule has 0 bridgehead atoms. The summed E-state index contributed by atoms with van der Waals surface area (Å²) in [4.78, 5) is 24.3. The van der Waals surface area contributed by atoms with E-state index in [0.29, 0.717) is 43.1 Å². The van der Waals surface area contributed by atoms with E-state index in [1.807, 2.05) is 0 Å². The van der Waals surface area contributed by atoms with Gasteiger partial charge in [0, 0.05) is 12.0 Å². The predicted octanol–water partition coefficient (Wildman–Crippen LogP) is 1.45. The molecule has 1 heterocycles. The van der Waals surface area contributed by atoms with Crippen molar-refractivity contribution in [1.82, 2.24) is 15.4 Å². The summed E-state index contributed by atoms with van der Waals surface area (Å²) in [6, 6.07) is 2.67. The number of nitrogens with zero attached hydrogens (tertiary/aromatic N) is 1. The van der Waals surface area contributed by atoms with Crippen molar-refractivity contribution >= 4 is 16.9 Å². The van der Waals surface area contributed by atoms with Crippen molar-refractivity contribution in [2.24, 2.45) is 5.92 Å². The van der Waals surface area contributed by atoms with Crippen LogP contribution >= 0.6 is 0 Å². The van der Waals surface area contributed by atoms with Crippen molar-refractivity contribution in [1.29, 1.82) is 0 Å². The fourth-order valence-corrected chi connectivity index (χ4v) is 2.54. The molecule has 7 nitrogen and oxygen atoms in total. The maximum atomic E-state index is 14.2. The molecule has 8 heteroatoms. The number of carbonyl (C=O) groups excluding carboxylic acids is 1. The summed E-state index contributed by atoms with van der Waals surface area (Å²) in [5.74, 6) is 0.00650. The molecule has 1 aliphatic rings. The van der Waals surface area contributed by atoms with Crippen LogP contribution in [-0.4, -0.2) is 45.4 Å². The number of H-pyrrole nitrogens is 1. The molecule has 1 unspecified atom stereocenters. The van der Waals surface area contributed by atoms with Crippen molar-refractivity contribution in [2.45, 2.75) is 38.2 Å². The second kappa shape index (κ2) is 7.90. The van der Waals surface area contributed by atoms with Crippen LogP contribution in [0.2, 0.25) is 0 Å². The van der Waals surface area contributed by atoms with Crippen LogP contribution in [0.3, 0.4) is 0 Å². The molecule has 136 valence electrons. The molecule has 0 saturated heterocycles. The van der Waals surface area contributed by atoms with Gasteiger partial charge >= 0.3 is 0 Å². The first-order valence-electron chi connectivity index (χ1n) is 8.46. The molecule has 4 N–H and O–H groups in total. The standard InChI is InChI=1S/C17H22FN3O4/c18-13-6-11(17(24)21-25-9-10-4-5-10)7-14-16(13)20-15(19-14)3-1-2-12(23)8-22/h6-7,10,12,22-23H,1-5,8-9H2,(H,19,20)(H,21,24). The maximum Gasteiger partial charge on any atom is 0.275 e. The van der Waals surface area contributed by atoms with E-state index < -0.39 is 17.8 Å². The minimum Gasteiger partial charge on any atom is -0.394 e. The van der Waals surface area contributed by atoms with Crippen LogP contribution < -0.4 is 5.48 Å². The summed E-state index contributed by atoms with van der Waals surface area (Å²) in [7, 11) is 0. The molecule has 3 rings (SSSR count). The molecule has 0 radical (unpaired) electrons. The molecule has 1 aromatic heterocycles. The van der Waals surface area contributed by atoms with E-state index in [2.05, 4.69) is 15.4 Å². The third kappa shape index (κ3) is 4.75. The maximum absolute atomic E-state index is 14.2. The number of benzene rings is 1. The number of aryl methyl sites for hydroxylation is 1. The molecule has 1 aliphatic carbocycles. The first-order chi connectivity index (χ1) is 12.1. The van der Waals surface area contributed by atoms with Gasteiger partial charge in [0.25, 0.3) is 5.91 Å². The fourth-order valence-electron chi connectivity index (χ4n) is 2.54. The number of amides is 1. The monoisotopic (exact) mass is 351 g/mol. The lowest BCUT2D eigenvalue weighted by Gasteiger charge is -2.05. The normalized spacial score (nSPS) is 15.5. The summed E-state index contributed by atoms with van der Waals surface area (Å²) in [5, 5.41) is 18.1. The summed E-state index contributed by atoms with van der Waals surface area (Å²) in [6.07, 6.45) is 3.02. The number of hydrogen-bond donors (Lipinski definition) is 4. The van der Waals surface area contributed by atoms with Crippen LogP contribution in [0.1, 0.15) is 41.9 Å².